The minimum absolute atomic E-state index is 0.279. The van der Waals surface area contributed by atoms with Gasteiger partial charge in [0.05, 0.1) is 26.7 Å². The van der Waals surface area contributed by atoms with Crippen molar-refractivity contribution >= 4 is 5.97 Å². The van der Waals surface area contributed by atoms with Crippen LogP contribution < -0.4 is 0 Å². The lowest BCUT2D eigenvalue weighted by molar-refractivity contribution is -0.887. The summed E-state index contributed by atoms with van der Waals surface area (Å²) in [4.78, 5) is 12.0. The van der Waals surface area contributed by atoms with Crippen molar-refractivity contribution in [2.45, 2.75) is 6.92 Å². The number of carbonyl (C=O) groups excluding carboxylic acids is 1. The van der Waals surface area contributed by atoms with Crippen LogP contribution in [0.25, 0.3) is 11.1 Å². The third-order valence-electron chi connectivity index (χ3n) is 3.09. The van der Waals surface area contributed by atoms with E-state index in [2.05, 4.69) is 31.2 Å². The maximum atomic E-state index is 12.0. The minimum atomic E-state index is -0.279. The zero-order valence-electron chi connectivity index (χ0n) is 13.1. The molecule has 0 spiro atoms. The first kappa shape index (κ1) is 15.3. The molecule has 3 heteroatoms. The molecule has 0 aliphatic rings. The molecule has 0 fully saturated rings. The summed E-state index contributed by atoms with van der Waals surface area (Å²) in [6.45, 7) is 2.43. The summed E-state index contributed by atoms with van der Waals surface area (Å²) in [5.41, 5.74) is 4.06. The number of nitrogens with zero attached hydrogens (tertiary/aromatic N) is 1. The molecule has 2 aromatic carbocycles. The second kappa shape index (κ2) is 6.10. The molecule has 0 unspecified atom stereocenters. The fourth-order valence-electron chi connectivity index (χ4n) is 1.88. The van der Waals surface area contributed by atoms with E-state index in [1.165, 1.54) is 5.56 Å². The van der Waals surface area contributed by atoms with Crippen LogP contribution in [0.2, 0.25) is 0 Å². The van der Waals surface area contributed by atoms with Gasteiger partial charge >= 0.3 is 5.97 Å². The van der Waals surface area contributed by atoms with Crippen molar-refractivity contribution in [3.63, 3.8) is 0 Å². The highest BCUT2D eigenvalue weighted by Crippen LogP contribution is 2.20. The molecule has 0 heterocycles. The van der Waals surface area contributed by atoms with Crippen LogP contribution in [0.15, 0.2) is 48.5 Å². The standard InChI is InChI=1S/C18H22NO2/c1-14-5-7-15(8-6-14)16-9-11-17(12-10-16)18(20)21-13-19(2,3)4/h5-12H,13H2,1-4H3/q+1. The van der Waals surface area contributed by atoms with Gasteiger partial charge in [0.1, 0.15) is 0 Å². The SMILES string of the molecule is Cc1ccc(-c2ccc(C(=O)OC[N+](C)(C)C)cc2)cc1. The average Bonchev–Trinajstić information content (AvgIpc) is 2.45. The third-order valence-corrected chi connectivity index (χ3v) is 3.09. The minimum Gasteiger partial charge on any atom is -0.411 e. The lowest BCUT2D eigenvalue weighted by Gasteiger charge is -2.22. The Bertz CT molecular complexity index is 607. The zero-order valence-corrected chi connectivity index (χ0v) is 13.1. The molecule has 0 radical (unpaired) electrons. The number of esters is 1. The molecule has 0 aliphatic carbocycles. The molecule has 2 aromatic rings. The molecule has 3 nitrogen and oxygen atoms in total. The number of aryl methyl sites for hydroxylation is 1. The predicted octanol–water partition coefficient (Wildman–Crippen LogP) is 3.48. The first-order chi connectivity index (χ1) is 9.85. The Morgan fingerprint density at radius 2 is 1.38 bits per heavy atom. The van der Waals surface area contributed by atoms with Gasteiger partial charge in [-0.25, -0.2) is 4.79 Å². The average molecular weight is 284 g/mol. The molecule has 110 valence electrons. The number of carbonyl (C=O) groups is 1. The topological polar surface area (TPSA) is 26.3 Å². The van der Waals surface area contributed by atoms with E-state index in [9.17, 15) is 4.79 Å². The van der Waals surface area contributed by atoms with Gasteiger partial charge in [0, 0.05) is 0 Å². The molecule has 0 aromatic heterocycles. The van der Waals surface area contributed by atoms with Crippen LogP contribution in [0, 0.1) is 6.92 Å². The van der Waals surface area contributed by atoms with E-state index in [1.54, 1.807) is 0 Å². The molecule has 0 bridgehead atoms. The normalized spacial score (nSPS) is 11.2. The van der Waals surface area contributed by atoms with E-state index < -0.39 is 0 Å². The van der Waals surface area contributed by atoms with Crippen molar-refractivity contribution in [3.8, 4) is 11.1 Å². The predicted molar refractivity (Wildman–Crippen MR) is 84.9 cm³/mol. The van der Waals surface area contributed by atoms with E-state index in [0.29, 0.717) is 16.8 Å². The molecule has 0 saturated heterocycles. The summed E-state index contributed by atoms with van der Waals surface area (Å²) in [5.74, 6) is -0.279. The van der Waals surface area contributed by atoms with Crippen LogP contribution >= 0.6 is 0 Å². The van der Waals surface area contributed by atoms with Crippen molar-refractivity contribution in [1.82, 2.24) is 0 Å². The lowest BCUT2D eigenvalue weighted by Crippen LogP contribution is -2.37. The van der Waals surface area contributed by atoms with Gasteiger partial charge in [-0.1, -0.05) is 42.0 Å². The Balaban J connectivity index is 2.08. The number of quaternary nitrogens is 1. The van der Waals surface area contributed by atoms with Gasteiger partial charge in [-0.15, -0.1) is 0 Å². The summed E-state index contributed by atoms with van der Waals surface area (Å²) < 4.78 is 5.88. The van der Waals surface area contributed by atoms with Crippen molar-refractivity contribution in [2.24, 2.45) is 0 Å². The van der Waals surface area contributed by atoms with Crippen LogP contribution in [-0.4, -0.2) is 38.3 Å². The lowest BCUT2D eigenvalue weighted by atomic mass is 10.0. The summed E-state index contributed by atoms with van der Waals surface area (Å²) in [6, 6.07) is 15.9. The number of benzene rings is 2. The maximum Gasteiger partial charge on any atom is 0.342 e. The zero-order chi connectivity index (χ0) is 15.5. The Morgan fingerprint density at radius 1 is 0.905 bits per heavy atom. The molecular formula is C18H22NO2+. The van der Waals surface area contributed by atoms with E-state index in [1.807, 2.05) is 45.4 Å². The Hall–Kier alpha value is -2.13. The van der Waals surface area contributed by atoms with Gasteiger partial charge in [-0.2, -0.15) is 0 Å². The highest BCUT2D eigenvalue weighted by Gasteiger charge is 2.13. The molecule has 2 rings (SSSR count). The maximum absolute atomic E-state index is 12.0. The quantitative estimate of drug-likeness (QED) is 0.488. The molecule has 0 atom stereocenters. The molecule has 0 aliphatic heterocycles. The van der Waals surface area contributed by atoms with E-state index in [0.717, 1.165) is 11.1 Å². The van der Waals surface area contributed by atoms with Gasteiger partial charge in [0.25, 0.3) is 0 Å². The van der Waals surface area contributed by atoms with Crippen LogP contribution in [0.4, 0.5) is 0 Å². The van der Waals surface area contributed by atoms with Gasteiger partial charge in [0.2, 0.25) is 6.73 Å². The van der Waals surface area contributed by atoms with E-state index in [4.69, 9.17) is 4.74 Å². The third kappa shape index (κ3) is 4.43. The molecule has 0 amide bonds. The molecule has 0 saturated carbocycles. The second-order valence-corrected chi connectivity index (χ2v) is 6.29. The van der Waals surface area contributed by atoms with E-state index >= 15 is 0 Å². The van der Waals surface area contributed by atoms with Crippen molar-refractivity contribution in [2.75, 3.05) is 27.9 Å². The van der Waals surface area contributed by atoms with Crippen molar-refractivity contribution in [3.05, 3.63) is 59.7 Å². The molecule has 0 N–H and O–H groups in total. The van der Waals surface area contributed by atoms with Crippen LogP contribution in [-0.2, 0) is 4.74 Å². The fourth-order valence-corrected chi connectivity index (χ4v) is 1.88. The summed E-state index contributed by atoms with van der Waals surface area (Å²) in [6.07, 6.45) is 0. The van der Waals surface area contributed by atoms with Gasteiger partial charge < -0.3 is 4.74 Å². The van der Waals surface area contributed by atoms with Gasteiger partial charge in [-0.05, 0) is 30.2 Å². The Kier molecular flexibility index (Phi) is 4.43. The molecular weight excluding hydrogens is 262 g/mol. The van der Waals surface area contributed by atoms with Crippen molar-refractivity contribution in [1.29, 1.82) is 0 Å². The van der Waals surface area contributed by atoms with Crippen LogP contribution in [0.3, 0.4) is 0 Å². The highest BCUT2D eigenvalue weighted by molar-refractivity contribution is 5.90. The number of hydrogen-bond acceptors (Lipinski definition) is 2. The Labute approximate surface area is 126 Å². The number of ether oxygens (including phenoxy) is 1. The van der Waals surface area contributed by atoms with Crippen LogP contribution in [0.5, 0.6) is 0 Å². The summed E-state index contributed by atoms with van der Waals surface area (Å²) in [7, 11) is 5.94. The first-order valence-electron chi connectivity index (χ1n) is 7.00. The van der Waals surface area contributed by atoms with Crippen molar-refractivity contribution < 1.29 is 14.0 Å². The number of rotatable bonds is 4. The smallest absolute Gasteiger partial charge is 0.342 e. The molecule has 21 heavy (non-hydrogen) atoms. The summed E-state index contributed by atoms with van der Waals surface area (Å²) in [5, 5.41) is 0. The monoisotopic (exact) mass is 284 g/mol. The van der Waals surface area contributed by atoms with Gasteiger partial charge in [-0.3, -0.25) is 4.48 Å². The second-order valence-electron chi connectivity index (χ2n) is 6.29. The number of hydrogen-bond donors (Lipinski definition) is 0. The van der Waals surface area contributed by atoms with Gasteiger partial charge in [0.15, 0.2) is 0 Å². The first-order valence-corrected chi connectivity index (χ1v) is 7.00. The highest BCUT2D eigenvalue weighted by atomic mass is 16.5. The largest absolute Gasteiger partial charge is 0.411 e. The van der Waals surface area contributed by atoms with E-state index in [-0.39, 0.29) is 5.97 Å². The summed E-state index contributed by atoms with van der Waals surface area (Å²) >= 11 is 0. The fraction of sp³-hybridized carbons (Fsp3) is 0.278. The Morgan fingerprint density at radius 3 is 1.86 bits per heavy atom. The van der Waals surface area contributed by atoms with Crippen LogP contribution in [0.1, 0.15) is 15.9 Å².